The number of ether oxygens (including phenoxy) is 1. The molecule has 12 heteroatoms. The summed E-state index contributed by atoms with van der Waals surface area (Å²) in [5, 5.41) is 14.9. The van der Waals surface area contributed by atoms with Gasteiger partial charge in [-0.25, -0.2) is 18.3 Å². The van der Waals surface area contributed by atoms with Crippen LogP contribution in [0.2, 0.25) is 0 Å². The van der Waals surface area contributed by atoms with Crippen molar-refractivity contribution in [3.8, 4) is 11.6 Å². The SMILES string of the molecule is Cn1nc(C(F)F)c(C(=O)NCc2ccc(C(=O)O)cc2)c1Oc1cccc(C(F)(F)F)c1. The van der Waals surface area contributed by atoms with Crippen molar-refractivity contribution in [2.75, 3.05) is 0 Å². The standard InChI is InChI=1S/C21H16F5N3O4/c1-29-19(33-14-4-2-3-13(9-14)21(24,25)26)15(16(28-29)17(22)23)18(30)27-10-11-5-7-12(8-6-11)20(31)32/h2-9,17H,10H2,1H3,(H,27,30)(H,31,32). The molecule has 1 amide bonds. The summed E-state index contributed by atoms with van der Waals surface area (Å²) in [7, 11) is 1.20. The summed E-state index contributed by atoms with van der Waals surface area (Å²) in [6, 6.07) is 9.20. The molecule has 0 atom stereocenters. The van der Waals surface area contributed by atoms with Gasteiger partial charge >= 0.3 is 12.1 Å². The van der Waals surface area contributed by atoms with Crippen LogP contribution in [0.15, 0.2) is 48.5 Å². The quantitative estimate of drug-likeness (QED) is 0.485. The predicted molar refractivity (Wildman–Crippen MR) is 104 cm³/mol. The highest BCUT2D eigenvalue weighted by molar-refractivity contribution is 5.98. The van der Waals surface area contributed by atoms with E-state index in [0.717, 1.165) is 16.8 Å². The third kappa shape index (κ3) is 5.45. The van der Waals surface area contributed by atoms with Gasteiger partial charge in [-0.05, 0) is 35.9 Å². The minimum absolute atomic E-state index is 0.0223. The maximum atomic E-state index is 13.5. The molecule has 0 radical (unpaired) electrons. The molecule has 0 aliphatic heterocycles. The Bertz CT molecular complexity index is 1170. The Morgan fingerprint density at radius 2 is 1.82 bits per heavy atom. The van der Waals surface area contributed by atoms with E-state index in [9.17, 15) is 31.5 Å². The number of rotatable bonds is 7. The molecule has 0 saturated carbocycles. The molecule has 0 fully saturated rings. The number of hydrogen-bond donors (Lipinski definition) is 2. The van der Waals surface area contributed by atoms with Gasteiger partial charge in [-0.2, -0.15) is 18.3 Å². The fourth-order valence-corrected chi connectivity index (χ4v) is 2.90. The molecule has 0 bridgehead atoms. The largest absolute Gasteiger partial charge is 0.478 e. The third-order valence-corrected chi connectivity index (χ3v) is 4.49. The number of nitrogens with one attached hydrogen (secondary N) is 1. The number of carboxylic acids is 1. The molecular formula is C21H16F5N3O4. The predicted octanol–water partition coefficient (Wildman–Crippen LogP) is 4.80. The second-order valence-corrected chi connectivity index (χ2v) is 6.80. The van der Waals surface area contributed by atoms with Crippen LogP contribution < -0.4 is 10.1 Å². The molecule has 2 N–H and O–H groups in total. The van der Waals surface area contributed by atoms with Crippen LogP contribution in [0.1, 0.15) is 44.0 Å². The van der Waals surface area contributed by atoms with E-state index in [1.807, 2.05) is 0 Å². The van der Waals surface area contributed by atoms with Gasteiger partial charge in [-0.3, -0.25) is 4.79 Å². The van der Waals surface area contributed by atoms with Gasteiger partial charge in [0.2, 0.25) is 5.88 Å². The first-order chi connectivity index (χ1) is 15.5. The second-order valence-electron chi connectivity index (χ2n) is 6.80. The first-order valence-corrected chi connectivity index (χ1v) is 9.28. The van der Waals surface area contributed by atoms with Crippen LogP contribution in [-0.4, -0.2) is 26.8 Å². The van der Waals surface area contributed by atoms with Crippen molar-refractivity contribution in [3.63, 3.8) is 0 Å². The first-order valence-electron chi connectivity index (χ1n) is 9.28. The molecule has 0 aliphatic rings. The molecule has 174 valence electrons. The van der Waals surface area contributed by atoms with Gasteiger partial charge in [0, 0.05) is 13.6 Å². The van der Waals surface area contributed by atoms with E-state index in [1.54, 1.807) is 0 Å². The van der Waals surface area contributed by atoms with E-state index in [2.05, 4.69) is 10.4 Å². The minimum atomic E-state index is -4.66. The summed E-state index contributed by atoms with van der Waals surface area (Å²) in [4.78, 5) is 23.6. The molecule has 1 aromatic heterocycles. The van der Waals surface area contributed by atoms with Gasteiger partial charge < -0.3 is 15.2 Å². The van der Waals surface area contributed by atoms with Crippen LogP contribution in [0.25, 0.3) is 0 Å². The molecule has 33 heavy (non-hydrogen) atoms. The fraction of sp³-hybridized carbons (Fsp3) is 0.190. The van der Waals surface area contributed by atoms with E-state index in [1.165, 1.54) is 37.4 Å². The van der Waals surface area contributed by atoms with Gasteiger partial charge in [0.15, 0.2) is 0 Å². The number of amides is 1. The monoisotopic (exact) mass is 469 g/mol. The lowest BCUT2D eigenvalue weighted by Crippen LogP contribution is -2.24. The molecule has 3 aromatic rings. The van der Waals surface area contributed by atoms with Crippen LogP contribution in [0.5, 0.6) is 11.6 Å². The molecule has 7 nitrogen and oxygen atoms in total. The number of halogens is 5. The van der Waals surface area contributed by atoms with Crippen molar-refractivity contribution in [2.45, 2.75) is 19.1 Å². The lowest BCUT2D eigenvalue weighted by Gasteiger charge is -2.12. The van der Waals surface area contributed by atoms with E-state index in [0.29, 0.717) is 11.6 Å². The highest BCUT2D eigenvalue weighted by Crippen LogP contribution is 2.35. The van der Waals surface area contributed by atoms with Gasteiger partial charge in [0.05, 0.1) is 11.1 Å². The molecule has 1 heterocycles. The van der Waals surface area contributed by atoms with Crippen molar-refractivity contribution >= 4 is 11.9 Å². The van der Waals surface area contributed by atoms with Gasteiger partial charge in [0.25, 0.3) is 12.3 Å². The zero-order chi connectivity index (χ0) is 24.3. The molecule has 0 aliphatic carbocycles. The Balaban J connectivity index is 1.88. The van der Waals surface area contributed by atoms with E-state index in [-0.39, 0.29) is 17.9 Å². The maximum Gasteiger partial charge on any atom is 0.416 e. The van der Waals surface area contributed by atoms with Crippen molar-refractivity contribution in [1.82, 2.24) is 15.1 Å². The second kappa shape index (κ2) is 9.27. The van der Waals surface area contributed by atoms with Crippen LogP contribution in [-0.2, 0) is 19.8 Å². The number of aryl methyl sites for hydroxylation is 1. The summed E-state index contributed by atoms with van der Waals surface area (Å²) < 4.78 is 72.1. The Hall–Kier alpha value is -3.96. The highest BCUT2D eigenvalue weighted by atomic mass is 19.4. The third-order valence-electron chi connectivity index (χ3n) is 4.49. The zero-order valence-corrected chi connectivity index (χ0v) is 16.9. The van der Waals surface area contributed by atoms with Crippen LogP contribution >= 0.6 is 0 Å². The summed E-state index contributed by atoms with van der Waals surface area (Å²) in [5.41, 5.74) is -2.05. The lowest BCUT2D eigenvalue weighted by atomic mass is 10.1. The molecule has 0 saturated heterocycles. The normalized spacial score (nSPS) is 11.5. The van der Waals surface area contributed by atoms with Gasteiger partial charge in [-0.1, -0.05) is 18.2 Å². The number of carbonyl (C=O) groups is 2. The minimum Gasteiger partial charge on any atom is -0.478 e. The molecule has 0 spiro atoms. The summed E-state index contributed by atoms with van der Waals surface area (Å²) in [6.45, 7) is -0.140. The number of nitrogens with zero attached hydrogens (tertiary/aromatic N) is 2. The van der Waals surface area contributed by atoms with Crippen LogP contribution in [0, 0.1) is 0 Å². The number of alkyl halides is 5. The molecule has 3 rings (SSSR count). The summed E-state index contributed by atoms with van der Waals surface area (Å²) in [6.07, 6.45) is -7.82. The average Bonchev–Trinajstić information content (AvgIpc) is 3.08. The maximum absolute atomic E-state index is 13.5. The number of hydrogen-bond acceptors (Lipinski definition) is 4. The van der Waals surface area contributed by atoms with Crippen molar-refractivity contribution in [3.05, 3.63) is 76.5 Å². The molecular weight excluding hydrogens is 453 g/mol. The number of benzene rings is 2. The van der Waals surface area contributed by atoms with Gasteiger partial charge in [-0.15, -0.1) is 0 Å². The Morgan fingerprint density at radius 1 is 1.15 bits per heavy atom. The number of aromatic nitrogens is 2. The summed E-state index contributed by atoms with van der Waals surface area (Å²) >= 11 is 0. The number of carboxylic acid groups (broad SMARTS) is 1. The highest BCUT2D eigenvalue weighted by Gasteiger charge is 2.32. The summed E-state index contributed by atoms with van der Waals surface area (Å²) in [5.74, 6) is -2.93. The first kappa shape index (κ1) is 23.7. The molecule has 0 unspecified atom stereocenters. The lowest BCUT2D eigenvalue weighted by molar-refractivity contribution is -0.137. The van der Waals surface area contributed by atoms with Crippen LogP contribution in [0.3, 0.4) is 0 Å². The van der Waals surface area contributed by atoms with Crippen molar-refractivity contribution < 1.29 is 41.4 Å². The number of aromatic carboxylic acids is 1. The molecule has 2 aromatic carbocycles. The van der Waals surface area contributed by atoms with Crippen molar-refractivity contribution in [2.24, 2.45) is 7.05 Å². The van der Waals surface area contributed by atoms with E-state index < -0.39 is 47.2 Å². The average molecular weight is 469 g/mol. The van der Waals surface area contributed by atoms with Crippen LogP contribution in [0.4, 0.5) is 22.0 Å². The zero-order valence-electron chi connectivity index (χ0n) is 16.9. The van der Waals surface area contributed by atoms with E-state index >= 15 is 0 Å². The smallest absolute Gasteiger partial charge is 0.416 e. The fourth-order valence-electron chi connectivity index (χ4n) is 2.90. The van der Waals surface area contributed by atoms with Gasteiger partial charge in [0.1, 0.15) is 17.0 Å². The van der Waals surface area contributed by atoms with E-state index in [4.69, 9.17) is 9.84 Å². The van der Waals surface area contributed by atoms with Crippen molar-refractivity contribution in [1.29, 1.82) is 0 Å². The Kier molecular flexibility index (Phi) is 6.65. The topological polar surface area (TPSA) is 93.5 Å². The number of carbonyl (C=O) groups excluding carboxylic acids is 1. The Labute approximate surface area is 183 Å². The Morgan fingerprint density at radius 3 is 2.39 bits per heavy atom.